The highest BCUT2D eigenvalue weighted by molar-refractivity contribution is 6.42. The topological polar surface area (TPSA) is 49.4 Å². The van der Waals surface area contributed by atoms with E-state index in [0.717, 1.165) is 17.5 Å². The first-order chi connectivity index (χ1) is 14.3. The maximum absolute atomic E-state index is 13.2. The molecule has 1 atom stereocenters. The van der Waals surface area contributed by atoms with Gasteiger partial charge in [0.25, 0.3) is 0 Å². The van der Waals surface area contributed by atoms with E-state index in [1.807, 2.05) is 51.1 Å². The Morgan fingerprint density at radius 3 is 2.27 bits per heavy atom. The number of halogens is 2. The van der Waals surface area contributed by atoms with E-state index >= 15 is 0 Å². The average molecular weight is 449 g/mol. The first-order valence-corrected chi connectivity index (χ1v) is 11.2. The van der Waals surface area contributed by atoms with Gasteiger partial charge in [-0.25, -0.2) is 0 Å². The normalized spacial score (nSPS) is 11.8. The summed E-state index contributed by atoms with van der Waals surface area (Å²) in [6.07, 6.45) is 2.34. The summed E-state index contributed by atoms with van der Waals surface area (Å²) in [6.45, 7) is 6.86. The molecule has 162 valence electrons. The van der Waals surface area contributed by atoms with Crippen molar-refractivity contribution >= 4 is 35.0 Å². The SMILES string of the molecule is CCCNC(=O)[C@H](CC)N(Cc1ccc(Cl)c(Cl)c1)C(=O)CCc1ccc(C)cc1. The smallest absolute Gasteiger partial charge is 0.242 e. The maximum atomic E-state index is 13.2. The third kappa shape index (κ3) is 7.03. The fourth-order valence-corrected chi connectivity index (χ4v) is 3.59. The Kier molecular flexibility index (Phi) is 9.67. The van der Waals surface area contributed by atoms with Crippen LogP contribution in [0.25, 0.3) is 0 Å². The van der Waals surface area contributed by atoms with Gasteiger partial charge >= 0.3 is 0 Å². The Balaban J connectivity index is 2.21. The highest BCUT2D eigenvalue weighted by Gasteiger charge is 2.28. The summed E-state index contributed by atoms with van der Waals surface area (Å²) in [5.41, 5.74) is 3.13. The molecule has 0 saturated heterocycles. The van der Waals surface area contributed by atoms with Crippen molar-refractivity contribution in [3.05, 3.63) is 69.2 Å². The number of carbonyl (C=O) groups is 2. The van der Waals surface area contributed by atoms with Crippen molar-refractivity contribution in [1.29, 1.82) is 0 Å². The summed E-state index contributed by atoms with van der Waals surface area (Å²) in [7, 11) is 0. The lowest BCUT2D eigenvalue weighted by molar-refractivity contribution is -0.141. The minimum Gasteiger partial charge on any atom is -0.354 e. The highest BCUT2D eigenvalue weighted by atomic mass is 35.5. The standard InChI is InChI=1S/C24H30Cl2N2O2/c1-4-14-27-24(30)22(5-2)28(16-19-10-12-20(25)21(26)15-19)23(29)13-11-18-8-6-17(3)7-9-18/h6-10,12,15,22H,4-5,11,13-14,16H2,1-3H3,(H,27,30)/t22-/m0/s1. The van der Waals surface area contributed by atoms with Gasteiger partial charge in [0.1, 0.15) is 6.04 Å². The van der Waals surface area contributed by atoms with Crippen LogP contribution < -0.4 is 5.32 Å². The molecule has 2 amide bonds. The zero-order valence-electron chi connectivity index (χ0n) is 17.9. The van der Waals surface area contributed by atoms with E-state index in [2.05, 4.69) is 5.32 Å². The molecule has 0 spiro atoms. The molecular formula is C24H30Cl2N2O2. The predicted octanol–water partition coefficient (Wildman–Crippen LogP) is 5.57. The van der Waals surface area contributed by atoms with Crippen LogP contribution in [0, 0.1) is 6.92 Å². The monoisotopic (exact) mass is 448 g/mol. The molecule has 0 unspecified atom stereocenters. The predicted molar refractivity (Wildman–Crippen MR) is 124 cm³/mol. The molecule has 6 heteroatoms. The number of hydrogen-bond donors (Lipinski definition) is 1. The Bertz CT molecular complexity index is 853. The molecule has 0 radical (unpaired) electrons. The lowest BCUT2D eigenvalue weighted by Crippen LogP contribution is -2.49. The number of hydrogen-bond acceptors (Lipinski definition) is 2. The van der Waals surface area contributed by atoms with E-state index in [4.69, 9.17) is 23.2 Å². The Labute approximate surface area is 189 Å². The Morgan fingerprint density at radius 1 is 1.00 bits per heavy atom. The third-order valence-electron chi connectivity index (χ3n) is 5.02. The number of carbonyl (C=O) groups excluding carboxylic acids is 2. The molecular weight excluding hydrogens is 419 g/mol. The first-order valence-electron chi connectivity index (χ1n) is 10.4. The van der Waals surface area contributed by atoms with Crippen molar-refractivity contribution in [2.24, 2.45) is 0 Å². The molecule has 2 aromatic carbocycles. The van der Waals surface area contributed by atoms with E-state index in [0.29, 0.717) is 42.4 Å². The van der Waals surface area contributed by atoms with Gasteiger partial charge in [-0.15, -0.1) is 0 Å². The van der Waals surface area contributed by atoms with Gasteiger partial charge in [0, 0.05) is 19.5 Å². The zero-order valence-corrected chi connectivity index (χ0v) is 19.4. The lowest BCUT2D eigenvalue weighted by Gasteiger charge is -2.31. The Hall–Kier alpha value is -2.04. The number of nitrogens with one attached hydrogen (secondary N) is 1. The molecule has 0 aromatic heterocycles. The number of amides is 2. The summed E-state index contributed by atoms with van der Waals surface area (Å²) in [5.74, 6) is -0.178. The quantitative estimate of drug-likeness (QED) is 0.516. The van der Waals surface area contributed by atoms with Gasteiger partial charge in [-0.1, -0.05) is 72.9 Å². The lowest BCUT2D eigenvalue weighted by atomic mass is 10.0. The molecule has 0 aliphatic heterocycles. The summed E-state index contributed by atoms with van der Waals surface area (Å²) in [6, 6.07) is 12.9. The van der Waals surface area contributed by atoms with Gasteiger partial charge in [0.2, 0.25) is 11.8 Å². The third-order valence-corrected chi connectivity index (χ3v) is 5.76. The van der Waals surface area contributed by atoms with Crippen LogP contribution in [0.2, 0.25) is 10.0 Å². The molecule has 1 N–H and O–H groups in total. The van der Waals surface area contributed by atoms with Gasteiger partial charge in [-0.3, -0.25) is 9.59 Å². The van der Waals surface area contributed by atoms with E-state index in [-0.39, 0.29) is 11.8 Å². The minimum absolute atomic E-state index is 0.0554. The largest absolute Gasteiger partial charge is 0.354 e. The summed E-state index contributed by atoms with van der Waals surface area (Å²) < 4.78 is 0. The maximum Gasteiger partial charge on any atom is 0.242 e. The number of rotatable bonds is 10. The van der Waals surface area contributed by atoms with Crippen molar-refractivity contribution in [2.45, 2.75) is 59.0 Å². The second kappa shape index (κ2) is 12.0. The van der Waals surface area contributed by atoms with Crippen molar-refractivity contribution in [3.63, 3.8) is 0 Å². The van der Waals surface area contributed by atoms with Gasteiger partial charge in [-0.2, -0.15) is 0 Å². The van der Waals surface area contributed by atoms with E-state index in [1.165, 1.54) is 5.56 Å². The summed E-state index contributed by atoms with van der Waals surface area (Å²) in [4.78, 5) is 27.6. The number of benzene rings is 2. The molecule has 0 saturated carbocycles. The van der Waals surface area contributed by atoms with Crippen molar-refractivity contribution in [1.82, 2.24) is 10.2 Å². The summed E-state index contributed by atoms with van der Waals surface area (Å²) >= 11 is 12.2. The zero-order chi connectivity index (χ0) is 22.1. The van der Waals surface area contributed by atoms with Crippen LogP contribution >= 0.6 is 23.2 Å². The molecule has 30 heavy (non-hydrogen) atoms. The van der Waals surface area contributed by atoms with Crippen LogP contribution in [0.3, 0.4) is 0 Å². The number of nitrogens with zero attached hydrogens (tertiary/aromatic N) is 1. The Morgan fingerprint density at radius 2 is 1.67 bits per heavy atom. The van der Waals surface area contributed by atoms with Crippen molar-refractivity contribution in [3.8, 4) is 0 Å². The van der Waals surface area contributed by atoms with Crippen LogP contribution in [0.4, 0.5) is 0 Å². The molecule has 0 fully saturated rings. The molecule has 2 aromatic rings. The van der Waals surface area contributed by atoms with Gasteiger partial charge in [-0.05, 0) is 49.4 Å². The molecule has 0 bridgehead atoms. The summed E-state index contributed by atoms with van der Waals surface area (Å²) in [5, 5.41) is 3.82. The highest BCUT2D eigenvalue weighted by Crippen LogP contribution is 2.24. The van der Waals surface area contributed by atoms with Crippen LogP contribution in [0.5, 0.6) is 0 Å². The van der Waals surface area contributed by atoms with Crippen LogP contribution in [-0.2, 0) is 22.6 Å². The second-order valence-corrected chi connectivity index (χ2v) is 8.29. The van der Waals surface area contributed by atoms with E-state index in [1.54, 1.807) is 17.0 Å². The first kappa shape index (κ1) is 24.2. The van der Waals surface area contributed by atoms with Gasteiger partial charge in [0.15, 0.2) is 0 Å². The second-order valence-electron chi connectivity index (χ2n) is 7.47. The van der Waals surface area contributed by atoms with Crippen LogP contribution in [0.15, 0.2) is 42.5 Å². The number of aryl methyl sites for hydroxylation is 2. The van der Waals surface area contributed by atoms with Crippen LogP contribution in [-0.4, -0.2) is 29.3 Å². The van der Waals surface area contributed by atoms with Crippen molar-refractivity contribution in [2.75, 3.05) is 6.54 Å². The minimum atomic E-state index is -0.531. The molecule has 0 aliphatic rings. The van der Waals surface area contributed by atoms with E-state index < -0.39 is 6.04 Å². The van der Waals surface area contributed by atoms with Gasteiger partial charge < -0.3 is 10.2 Å². The molecule has 0 aliphatic carbocycles. The average Bonchev–Trinajstić information content (AvgIpc) is 2.74. The fraction of sp³-hybridized carbons (Fsp3) is 0.417. The van der Waals surface area contributed by atoms with E-state index in [9.17, 15) is 9.59 Å². The fourth-order valence-electron chi connectivity index (χ4n) is 3.27. The van der Waals surface area contributed by atoms with Crippen molar-refractivity contribution < 1.29 is 9.59 Å². The molecule has 2 rings (SSSR count). The van der Waals surface area contributed by atoms with Crippen LogP contribution in [0.1, 0.15) is 49.8 Å². The van der Waals surface area contributed by atoms with Gasteiger partial charge in [0.05, 0.1) is 10.0 Å². The molecule has 0 heterocycles. The molecule has 4 nitrogen and oxygen atoms in total.